The molecule has 0 atom stereocenters. The normalized spacial score (nSPS) is 13.8. The average Bonchev–Trinajstić information content (AvgIpc) is 3.40. The number of rotatable bonds is 5. The maximum Gasteiger partial charge on any atom is 0.264 e. The summed E-state index contributed by atoms with van der Waals surface area (Å²) in [7, 11) is 0. The van der Waals surface area contributed by atoms with E-state index in [0.29, 0.717) is 24.8 Å². The van der Waals surface area contributed by atoms with Crippen LogP contribution < -0.4 is 4.74 Å². The number of hydrogen-bond acceptors (Lipinski definition) is 6. The molecule has 0 radical (unpaired) electrons. The van der Waals surface area contributed by atoms with Gasteiger partial charge in [-0.05, 0) is 60.3 Å². The Kier molecular flexibility index (Phi) is 4.80. The van der Waals surface area contributed by atoms with E-state index in [1.54, 1.807) is 0 Å². The van der Waals surface area contributed by atoms with Crippen molar-refractivity contribution >= 4 is 17.2 Å². The zero-order valence-corrected chi connectivity index (χ0v) is 17.1. The van der Waals surface area contributed by atoms with Gasteiger partial charge in [-0.2, -0.15) is 4.98 Å². The highest BCUT2D eigenvalue weighted by Gasteiger charge is 2.33. The fraction of sp³-hybridized carbons (Fsp3) is 0.174. The van der Waals surface area contributed by atoms with Gasteiger partial charge >= 0.3 is 0 Å². The zero-order valence-electron chi connectivity index (χ0n) is 16.3. The molecule has 1 aliphatic heterocycles. The molecule has 30 heavy (non-hydrogen) atoms. The second kappa shape index (κ2) is 7.76. The summed E-state index contributed by atoms with van der Waals surface area (Å²) in [6, 6.07) is 19.2. The van der Waals surface area contributed by atoms with Crippen molar-refractivity contribution in [2.24, 2.45) is 0 Å². The molecule has 6 nitrogen and oxygen atoms in total. The Morgan fingerprint density at radius 2 is 1.83 bits per heavy atom. The van der Waals surface area contributed by atoms with Crippen LogP contribution in [0, 0.1) is 6.92 Å². The lowest BCUT2D eigenvalue weighted by Gasteiger charge is -2.38. The Hall–Kier alpha value is -3.45. The van der Waals surface area contributed by atoms with Gasteiger partial charge in [0.1, 0.15) is 11.9 Å². The van der Waals surface area contributed by atoms with Crippen molar-refractivity contribution in [1.82, 2.24) is 15.0 Å². The minimum Gasteiger partial charge on any atom is -0.487 e. The number of likely N-dealkylation sites (tertiary alicyclic amines) is 1. The first kappa shape index (κ1) is 18.6. The first-order chi connectivity index (χ1) is 14.7. The van der Waals surface area contributed by atoms with E-state index in [2.05, 4.69) is 10.1 Å². The van der Waals surface area contributed by atoms with E-state index in [1.165, 1.54) is 11.3 Å². The fourth-order valence-corrected chi connectivity index (χ4v) is 4.22. The smallest absolute Gasteiger partial charge is 0.264 e. The van der Waals surface area contributed by atoms with Gasteiger partial charge in [-0.1, -0.05) is 23.4 Å². The average molecular weight is 417 g/mol. The summed E-state index contributed by atoms with van der Waals surface area (Å²) in [5.41, 5.74) is 2.77. The second-order valence-corrected chi connectivity index (χ2v) is 8.11. The third kappa shape index (κ3) is 3.59. The molecule has 1 fully saturated rings. The topological polar surface area (TPSA) is 68.5 Å². The third-order valence-electron chi connectivity index (χ3n) is 5.05. The zero-order chi connectivity index (χ0) is 20.5. The molecule has 1 saturated heterocycles. The molecule has 5 rings (SSSR count). The number of thiophene rings is 1. The SMILES string of the molecule is Cc1ccsc1C(=O)N1CC(Oc2ccc(-c3noc(-c4ccccc4)n3)cc2)C1. The van der Waals surface area contributed by atoms with Gasteiger partial charge in [0, 0.05) is 11.1 Å². The maximum absolute atomic E-state index is 12.5. The van der Waals surface area contributed by atoms with E-state index in [1.807, 2.05) is 77.9 Å². The first-order valence-electron chi connectivity index (χ1n) is 9.67. The Bertz CT molecular complexity index is 1160. The van der Waals surface area contributed by atoms with Crippen molar-refractivity contribution in [2.45, 2.75) is 13.0 Å². The number of benzene rings is 2. The molecule has 0 unspecified atom stereocenters. The van der Waals surface area contributed by atoms with E-state index in [9.17, 15) is 4.79 Å². The van der Waals surface area contributed by atoms with Gasteiger partial charge in [0.2, 0.25) is 5.82 Å². The van der Waals surface area contributed by atoms with E-state index in [-0.39, 0.29) is 12.0 Å². The van der Waals surface area contributed by atoms with Crippen LogP contribution >= 0.6 is 11.3 Å². The lowest BCUT2D eigenvalue weighted by Crippen LogP contribution is -2.56. The Morgan fingerprint density at radius 1 is 1.07 bits per heavy atom. The van der Waals surface area contributed by atoms with Crippen LogP contribution in [0.1, 0.15) is 15.2 Å². The summed E-state index contributed by atoms with van der Waals surface area (Å²) in [4.78, 5) is 19.6. The van der Waals surface area contributed by atoms with Crippen molar-refractivity contribution in [3.05, 3.63) is 76.5 Å². The van der Waals surface area contributed by atoms with Gasteiger partial charge in [-0.3, -0.25) is 4.79 Å². The van der Waals surface area contributed by atoms with Crippen LogP contribution in [0.15, 0.2) is 70.6 Å². The molecule has 2 aromatic carbocycles. The highest BCUT2D eigenvalue weighted by molar-refractivity contribution is 7.12. The molecule has 3 heterocycles. The number of ether oxygens (including phenoxy) is 1. The number of carbonyl (C=O) groups is 1. The minimum atomic E-state index is 0.00919. The molecule has 150 valence electrons. The second-order valence-electron chi connectivity index (χ2n) is 7.20. The molecule has 4 aromatic rings. The van der Waals surface area contributed by atoms with Crippen LogP contribution in [0.5, 0.6) is 5.75 Å². The van der Waals surface area contributed by atoms with Crippen LogP contribution in [0.2, 0.25) is 0 Å². The lowest BCUT2D eigenvalue weighted by atomic mass is 10.1. The highest BCUT2D eigenvalue weighted by atomic mass is 32.1. The summed E-state index contributed by atoms with van der Waals surface area (Å²) in [5, 5.41) is 6.02. The van der Waals surface area contributed by atoms with Gasteiger partial charge in [-0.25, -0.2) is 0 Å². The van der Waals surface area contributed by atoms with E-state index < -0.39 is 0 Å². The lowest BCUT2D eigenvalue weighted by molar-refractivity contribution is 0.0181. The molecular formula is C23H19N3O3S. The molecule has 2 aromatic heterocycles. The maximum atomic E-state index is 12.5. The van der Waals surface area contributed by atoms with Crippen LogP contribution in [-0.2, 0) is 0 Å². The standard InChI is InChI=1S/C23H19N3O3S/c1-15-11-12-30-20(15)23(27)26-13-19(14-26)28-18-9-7-16(8-10-18)21-24-22(29-25-21)17-5-3-2-4-6-17/h2-12,19H,13-14H2,1H3. The molecule has 1 aliphatic rings. The van der Waals surface area contributed by atoms with Crippen LogP contribution in [0.4, 0.5) is 0 Å². The highest BCUT2D eigenvalue weighted by Crippen LogP contribution is 2.26. The number of nitrogens with zero attached hydrogens (tertiary/aromatic N) is 3. The van der Waals surface area contributed by atoms with Gasteiger partial charge < -0.3 is 14.2 Å². The van der Waals surface area contributed by atoms with Crippen molar-refractivity contribution in [1.29, 1.82) is 0 Å². The molecule has 0 bridgehead atoms. The van der Waals surface area contributed by atoms with Gasteiger partial charge in [0.15, 0.2) is 0 Å². The van der Waals surface area contributed by atoms with Crippen LogP contribution in [0.25, 0.3) is 22.8 Å². The molecule has 0 spiro atoms. The molecule has 0 saturated carbocycles. The summed E-state index contributed by atoms with van der Waals surface area (Å²) < 4.78 is 11.4. The Balaban J connectivity index is 1.19. The van der Waals surface area contributed by atoms with E-state index in [0.717, 1.165) is 27.3 Å². The Labute approximate surface area is 177 Å². The van der Waals surface area contributed by atoms with Crippen molar-refractivity contribution < 1.29 is 14.1 Å². The molecule has 0 aliphatic carbocycles. The summed E-state index contributed by atoms with van der Waals surface area (Å²) in [6.07, 6.45) is 0.00919. The minimum absolute atomic E-state index is 0.00919. The number of hydrogen-bond donors (Lipinski definition) is 0. The van der Waals surface area contributed by atoms with Gasteiger partial charge in [-0.15, -0.1) is 11.3 Å². The number of carbonyl (C=O) groups excluding carboxylic acids is 1. The van der Waals surface area contributed by atoms with Crippen molar-refractivity contribution in [3.8, 4) is 28.6 Å². The van der Waals surface area contributed by atoms with Crippen molar-refractivity contribution in [3.63, 3.8) is 0 Å². The molecule has 7 heteroatoms. The molecular weight excluding hydrogens is 398 g/mol. The van der Waals surface area contributed by atoms with Crippen LogP contribution in [-0.4, -0.2) is 40.1 Å². The fourth-order valence-electron chi connectivity index (χ4n) is 3.33. The largest absolute Gasteiger partial charge is 0.487 e. The van der Waals surface area contributed by atoms with Crippen LogP contribution in [0.3, 0.4) is 0 Å². The van der Waals surface area contributed by atoms with Gasteiger partial charge in [0.05, 0.1) is 18.0 Å². The monoisotopic (exact) mass is 417 g/mol. The summed E-state index contributed by atoms with van der Waals surface area (Å²) in [5.74, 6) is 1.87. The third-order valence-corrected chi connectivity index (χ3v) is 6.06. The summed E-state index contributed by atoms with van der Waals surface area (Å²) >= 11 is 1.49. The molecule has 1 amide bonds. The number of aryl methyl sites for hydroxylation is 1. The summed E-state index contributed by atoms with van der Waals surface area (Å²) in [6.45, 7) is 3.16. The quantitative estimate of drug-likeness (QED) is 0.472. The van der Waals surface area contributed by atoms with Gasteiger partial charge in [0.25, 0.3) is 11.8 Å². The Morgan fingerprint density at radius 3 is 2.53 bits per heavy atom. The molecule has 0 N–H and O–H groups in total. The predicted molar refractivity (Wildman–Crippen MR) is 115 cm³/mol. The first-order valence-corrected chi connectivity index (χ1v) is 10.5. The van der Waals surface area contributed by atoms with Crippen molar-refractivity contribution in [2.75, 3.05) is 13.1 Å². The number of amides is 1. The van der Waals surface area contributed by atoms with E-state index >= 15 is 0 Å². The van der Waals surface area contributed by atoms with E-state index in [4.69, 9.17) is 9.26 Å². The predicted octanol–water partition coefficient (Wildman–Crippen LogP) is 4.68. The number of aromatic nitrogens is 2.